The molecule has 242 valence electrons. The van der Waals surface area contributed by atoms with E-state index in [-0.39, 0.29) is 50.6 Å². The Balaban J connectivity index is 1.33. The van der Waals surface area contributed by atoms with Crippen LogP contribution in [0.5, 0.6) is 0 Å². The minimum Gasteiger partial charge on any atom is -0.394 e. The molecule has 1 aliphatic heterocycles. The quantitative estimate of drug-likeness (QED) is 0.279. The molecule has 1 amide bonds. The predicted octanol–water partition coefficient (Wildman–Crippen LogP) is 5.02. The molecule has 10 nitrogen and oxygen atoms in total. The number of Topliss-reactive ketones (excluding diaryl/α,β-unsaturated/α-hetero) is 1. The van der Waals surface area contributed by atoms with E-state index in [4.69, 9.17) is 0 Å². The minimum absolute atomic E-state index is 0.0346. The van der Waals surface area contributed by atoms with Gasteiger partial charge in [-0.2, -0.15) is 36.4 Å². The second kappa shape index (κ2) is 13.0. The Hall–Kier alpha value is -4.21. The number of carbonyl (C=O) groups excluding carboxylic acids is 2. The number of halogens is 6. The van der Waals surface area contributed by atoms with Crippen molar-refractivity contribution in [3.63, 3.8) is 0 Å². The number of aliphatic hydroxyl groups is 1. The Morgan fingerprint density at radius 3 is 2.44 bits per heavy atom. The van der Waals surface area contributed by atoms with E-state index >= 15 is 0 Å². The number of nitrogens with one attached hydrogen (secondary N) is 2. The van der Waals surface area contributed by atoms with Crippen molar-refractivity contribution in [3.05, 3.63) is 47.9 Å². The summed E-state index contributed by atoms with van der Waals surface area (Å²) in [5.41, 5.74) is 3.14. The van der Waals surface area contributed by atoms with Gasteiger partial charge in [-0.15, -0.1) is 0 Å². The van der Waals surface area contributed by atoms with Crippen LogP contribution in [0.15, 0.2) is 36.8 Å². The van der Waals surface area contributed by atoms with Gasteiger partial charge in [0.2, 0.25) is 11.7 Å². The number of benzene rings is 1. The zero-order chi connectivity index (χ0) is 32.4. The molecule has 5 rings (SSSR count). The van der Waals surface area contributed by atoms with Crippen LogP contribution in [0.25, 0.3) is 11.1 Å². The van der Waals surface area contributed by atoms with Crippen molar-refractivity contribution in [2.45, 2.75) is 70.0 Å². The van der Waals surface area contributed by atoms with Crippen LogP contribution < -0.4 is 10.6 Å². The number of alkyl halides is 6. The maximum Gasteiger partial charge on any atom is 0.471 e. The van der Waals surface area contributed by atoms with Crippen molar-refractivity contribution in [1.29, 1.82) is 0 Å². The first kappa shape index (κ1) is 32.2. The van der Waals surface area contributed by atoms with Crippen molar-refractivity contribution in [2.75, 3.05) is 23.8 Å². The molecule has 0 bridgehead atoms. The summed E-state index contributed by atoms with van der Waals surface area (Å²) in [6, 6.07) is 5.03. The molecule has 0 saturated heterocycles. The van der Waals surface area contributed by atoms with Gasteiger partial charge >= 0.3 is 18.3 Å². The average Bonchev–Trinajstić information content (AvgIpc) is 3.45. The Labute approximate surface area is 253 Å². The lowest BCUT2D eigenvalue weighted by Gasteiger charge is -2.30. The molecule has 3 heterocycles. The lowest BCUT2D eigenvalue weighted by atomic mass is 9.83. The van der Waals surface area contributed by atoms with E-state index in [1.165, 1.54) is 0 Å². The molecule has 16 heteroatoms. The van der Waals surface area contributed by atoms with Gasteiger partial charge in [-0.25, -0.2) is 4.98 Å². The lowest BCUT2D eigenvalue weighted by Crippen LogP contribution is -2.43. The van der Waals surface area contributed by atoms with Crippen LogP contribution in [0.4, 0.5) is 43.8 Å². The van der Waals surface area contributed by atoms with Crippen LogP contribution in [0.2, 0.25) is 0 Å². The monoisotopic (exact) mass is 639 g/mol. The molecule has 1 aliphatic carbocycles. The zero-order valence-corrected chi connectivity index (χ0v) is 24.0. The summed E-state index contributed by atoms with van der Waals surface area (Å²) in [5.74, 6) is -3.36. The first-order valence-corrected chi connectivity index (χ1v) is 14.4. The number of aromatic nitrogens is 4. The van der Waals surface area contributed by atoms with E-state index in [1.54, 1.807) is 41.5 Å². The van der Waals surface area contributed by atoms with Gasteiger partial charge in [-0.05, 0) is 61.3 Å². The van der Waals surface area contributed by atoms with E-state index in [9.17, 15) is 41.0 Å². The number of anilines is 3. The molecule has 45 heavy (non-hydrogen) atoms. The van der Waals surface area contributed by atoms with Gasteiger partial charge in [0.05, 0.1) is 19.3 Å². The smallest absolute Gasteiger partial charge is 0.394 e. The van der Waals surface area contributed by atoms with Crippen LogP contribution >= 0.6 is 0 Å². The third-order valence-corrected chi connectivity index (χ3v) is 8.04. The number of hydrogen-bond donors (Lipinski definition) is 3. The highest BCUT2D eigenvalue weighted by molar-refractivity contribution is 5.84. The van der Waals surface area contributed by atoms with E-state index in [1.807, 2.05) is 0 Å². The van der Waals surface area contributed by atoms with Crippen LogP contribution in [0.1, 0.15) is 43.2 Å². The maximum atomic E-state index is 13.0. The van der Waals surface area contributed by atoms with Crippen molar-refractivity contribution in [1.82, 2.24) is 24.6 Å². The molecule has 1 fully saturated rings. The fourth-order valence-corrected chi connectivity index (χ4v) is 5.69. The van der Waals surface area contributed by atoms with Crippen LogP contribution in [-0.2, 0) is 29.1 Å². The van der Waals surface area contributed by atoms with E-state index < -0.39 is 30.5 Å². The zero-order valence-electron chi connectivity index (χ0n) is 24.0. The highest BCUT2D eigenvalue weighted by atomic mass is 19.4. The summed E-state index contributed by atoms with van der Waals surface area (Å²) in [6.07, 6.45) is -3.28. The Bertz CT molecular complexity index is 1530. The van der Waals surface area contributed by atoms with Crippen molar-refractivity contribution in [3.8, 4) is 11.1 Å². The first-order valence-electron chi connectivity index (χ1n) is 14.4. The van der Waals surface area contributed by atoms with Gasteiger partial charge in [-0.1, -0.05) is 6.07 Å². The first-order chi connectivity index (χ1) is 21.3. The third kappa shape index (κ3) is 7.90. The van der Waals surface area contributed by atoms with Gasteiger partial charge in [-0.3, -0.25) is 14.3 Å². The minimum atomic E-state index is -4.96. The summed E-state index contributed by atoms with van der Waals surface area (Å²) >= 11 is 0. The fraction of sp³-hybridized carbons (Fsp3) is 0.483. The van der Waals surface area contributed by atoms with Crippen LogP contribution in [0, 0.1) is 5.92 Å². The highest BCUT2D eigenvalue weighted by Crippen LogP contribution is 2.34. The molecule has 0 spiro atoms. The summed E-state index contributed by atoms with van der Waals surface area (Å²) in [5, 5.41) is 19.9. The summed E-state index contributed by atoms with van der Waals surface area (Å²) in [4.78, 5) is 33.1. The van der Waals surface area contributed by atoms with E-state index in [0.717, 1.165) is 10.5 Å². The SMILES string of the molecule is O=C(CC1CCC(Nc2nc(Nc3ccc4c(c3)CN(C(=O)C(F)(F)F)CC4)ncc2-c2cnn(CCO)c2)CC1)C(F)(F)F. The standard InChI is InChI=1S/C29H31F6N7O3/c30-28(31,32)24(44)11-17-1-4-21(5-2-17)38-25-23(20-13-37-42(16-20)9-10-43)14-36-27(40-25)39-22-6-3-18-7-8-41(15-19(18)12-22)26(45)29(33,34)35/h3,6,12-14,16-17,21,43H,1-2,4-5,7-11,15H2,(H2,36,38,39,40). The Morgan fingerprint density at radius 2 is 1.76 bits per heavy atom. The molecular weight excluding hydrogens is 608 g/mol. The Morgan fingerprint density at radius 1 is 1.00 bits per heavy atom. The fourth-order valence-electron chi connectivity index (χ4n) is 5.69. The topological polar surface area (TPSA) is 125 Å². The number of carbonyl (C=O) groups is 2. The summed E-state index contributed by atoms with van der Waals surface area (Å²) < 4.78 is 78.7. The number of fused-ring (bicyclic) bond motifs is 1. The second-order valence-corrected chi connectivity index (χ2v) is 11.2. The number of amides is 1. The van der Waals surface area contributed by atoms with Gasteiger partial charge in [0.25, 0.3) is 0 Å². The van der Waals surface area contributed by atoms with Crippen molar-refractivity contribution in [2.24, 2.45) is 5.92 Å². The molecule has 2 aromatic heterocycles. The highest BCUT2D eigenvalue weighted by Gasteiger charge is 2.43. The number of hydrogen-bond acceptors (Lipinski definition) is 8. The third-order valence-electron chi connectivity index (χ3n) is 8.04. The van der Waals surface area contributed by atoms with Gasteiger partial charge in [0.15, 0.2) is 0 Å². The van der Waals surface area contributed by atoms with E-state index in [0.29, 0.717) is 53.9 Å². The molecule has 3 aromatic rings. The van der Waals surface area contributed by atoms with Crippen molar-refractivity contribution >= 4 is 29.1 Å². The molecule has 0 radical (unpaired) electrons. The van der Waals surface area contributed by atoms with E-state index in [2.05, 4.69) is 25.7 Å². The van der Waals surface area contributed by atoms with Gasteiger partial charge in [0, 0.05) is 54.8 Å². The average molecular weight is 640 g/mol. The molecule has 2 aliphatic rings. The van der Waals surface area contributed by atoms with Gasteiger partial charge in [0.1, 0.15) is 5.82 Å². The molecular formula is C29H31F6N7O3. The maximum absolute atomic E-state index is 13.0. The lowest BCUT2D eigenvalue weighted by molar-refractivity contribution is -0.186. The summed E-state index contributed by atoms with van der Waals surface area (Å²) in [7, 11) is 0. The van der Waals surface area contributed by atoms with Crippen LogP contribution in [0.3, 0.4) is 0 Å². The number of rotatable bonds is 9. The van der Waals surface area contributed by atoms with Crippen LogP contribution in [-0.4, -0.2) is 73.0 Å². The Kier molecular flexibility index (Phi) is 9.32. The molecule has 3 N–H and O–H groups in total. The van der Waals surface area contributed by atoms with Crippen molar-refractivity contribution < 1.29 is 41.0 Å². The molecule has 0 atom stereocenters. The molecule has 1 aromatic carbocycles. The number of nitrogens with zero attached hydrogens (tertiary/aromatic N) is 5. The molecule has 0 unspecified atom stereocenters. The normalized spacial score (nSPS) is 18.8. The number of ketones is 1. The number of aliphatic hydroxyl groups excluding tert-OH is 1. The second-order valence-electron chi connectivity index (χ2n) is 11.2. The largest absolute Gasteiger partial charge is 0.471 e. The summed E-state index contributed by atoms with van der Waals surface area (Å²) in [6.45, 7) is -0.0686. The molecule has 1 saturated carbocycles. The predicted molar refractivity (Wildman–Crippen MR) is 150 cm³/mol. The van der Waals surface area contributed by atoms with Gasteiger partial charge < -0.3 is 20.6 Å².